The van der Waals surface area contributed by atoms with E-state index in [0.29, 0.717) is 0 Å². The molecule has 0 aromatic heterocycles. The van der Waals surface area contributed by atoms with E-state index in [1.807, 2.05) is 6.92 Å². The van der Waals surface area contributed by atoms with Crippen LogP contribution < -0.4 is 4.74 Å². The molecular weight excluding hydrogens is 260 g/mol. The normalized spacial score (nSPS) is 11.7. The Morgan fingerprint density at radius 1 is 0.947 bits per heavy atom. The molecule has 0 heterocycles. The van der Waals surface area contributed by atoms with Gasteiger partial charge in [0.1, 0.15) is 5.75 Å². The minimum Gasteiger partial charge on any atom is -0.496 e. The average molecular weight is 284 g/mol. The minimum atomic E-state index is -2.51. The maximum absolute atomic E-state index is 5.44. The van der Waals surface area contributed by atoms with E-state index in [0.717, 1.165) is 23.8 Å². The Morgan fingerprint density at radius 3 is 2.00 bits per heavy atom. The first kappa shape index (κ1) is 16.2. The summed E-state index contributed by atoms with van der Waals surface area (Å²) in [6.45, 7) is 4.13. The van der Waals surface area contributed by atoms with Crippen molar-refractivity contribution in [2.75, 3.05) is 28.4 Å². The monoisotopic (exact) mass is 284 g/mol. The van der Waals surface area contributed by atoms with Crippen molar-refractivity contribution in [3.63, 3.8) is 0 Å². The number of rotatable bonds is 7. The third-order valence-corrected chi connectivity index (χ3v) is 6.28. The van der Waals surface area contributed by atoms with Crippen LogP contribution in [0.1, 0.15) is 16.7 Å². The molecule has 0 aliphatic rings. The smallest absolute Gasteiger partial charge is 0.496 e. The lowest BCUT2D eigenvalue weighted by Gasteiger charge is -2.24. The molecular formula is C14H24O4Si. The SMILES string of the molecule is COc1c(C)ccc(CC[Si](OC)(OC)OC)c1C. The zero-order chi connectivity index (χ0) is 14.5. The van der Waals surface area contributed by atoms with Gasteiger partial charge in [0.15, 0.2) is 0 Å². The molecule has 0 unspecified atom stereocenters. The summed E-state index contributed by atoms with van der Waals surface area (Å²) in [6.07, 6.45) is 0.851. The van der Waals surface area contributed by atoms with Crippen molar-refractivity contribution >= 4 is 8.80 Å². The van der Waals surface area contributed by atoms with Crippen LogP contribution in [0.5, 0.6) is 5.75 Å². The summed E-state index contributed by atoms with van der Waals surface area (Å²) in [4.78, 5) is 0. The minimum absolute atomic E-state index is 0.754. The first-order valence-corrected chi connectivity index (χ1v) is 8.25. The fraction of sp³-hybridized carbons (Fsp3) is 0.571. The van der Waals surface area contributed by atoms with Gasteiger partial charge in [0, 0.05) is 27.4 Å². The van der Waals surface area contributed by atoms with Crippen LogP contribution in [0.3, 0.4) is 0 Å². The quantitative estimate of drug-likeness (QED) is 0.721. The van der Waals surface area contributed by atoms with E-state index in [-0.39, 0.29) is 0 Å². The molecule has 0 radical (unpaired) electrons. The zero-order valence-corrected chi connectivity index (χ0v) is 13.7. The lowest BCUT2D eigenvalue weighted by molar-refractivity contribution is 0.123. The van der Waals surface area contributed by atoms with Crippen LogP contribution in [0.4, 0.5) is 0 Å². The molecule has 0 aliphatic carbocycles. The zero-order valence-electron chi connectivity index (χ0n) is 12.7. The number of methoxy groups -OCH3 is 1. The molecule has 0 bridgehead atoms. The summed E-state index contributed by atoms with van der Waals surface area (Å²) >= 11 is 0. The summed E-state index contributed by atoms with van der Waals surface area (Å²) in [5, 5.41) is 0. The van der Waals surface area contributed by atoms with Gasteiger partial charge in [-0.25, -0.2) is 0 Å². The molecule has 0 saturated carbocycles. The van der Waals surface area contributed by atoms with Crippen LogP contribution in [0.2, 0.25) is 6.04 Å². The molecule has 19 heavy (non-hydrogen) atoms. The summed E-state index contributed by atoms with van der Waals surface area (Å²) in [5.41, 5.74) is 3.57. The molecule has 4 nitrogen and oxygen atoms in total. The molecule has 1 aromatic carbocycles. The number of benzene rings is 1. The van der Waals surface area contributed by atoms with E-state index in [4.69, 9.17) is 18.0 Å². The Balaban J connectivity index is 2.89. The maximum atomic E-state index is 5.44. The summed E-state index contributed by atoms with van der Waals surface area (Å²) in [5.74, 6) is 0.956. The van der Waals surface area contributed by atoms with Gasteiger partial charge in [0.2, 0.25) is 0 Å². The fourth-order valence-corrected chi connectivity index (χ4v) is 3.98. The topological polar surface area (TPSA) is 36.9 Å². The third kappa shape index (κ3) is 3.57. The predicted octanol–water partition coefficient (Wildman–Crippen LogP) is 2.73. The Bertz CT molecular complexity index is 408. The molecule has 1 aromatic rings. The van der Waals surface area contributed by atoms with Crippen LogP contribution in [0.25, 0.3) is 0 Å². The van der Waals surface area contributed by atoms with E-state index in [9.17, 15) is 0 Å². The van der Waals surface area contributed by atoms with Crippen molar-refractivity contribution in [3.05, 3.63) is 28.8 Å². The van der Waals surface area contributed by atoms with Crippen LogP contribution in [0, 0.1) is 13.8 Å². The van der Waals surface area contributed by atoms with E-state index in [1.54, 1.807) is 28.4 Å². The number of ether oxygens (including phenoxy) is 1. The standard InChI is InChI=1S/C14H24O4Si/c1-11-7-8-13(12(2)14(11)15-3)9-10-19(16-4,17-5)18-6/h7-8H,9-10H2,1-6H3. The van der Waals surface area contributed by atoms with Gasteiger partial charge >= 0.3 is 8.80 Å². The van der Waals surface area contributed by atoms with Gasteiger partial charge < -0.3 is 18.0 Å². The van der Waals surface area contributed by atoms with E-state index in [1.165, 1.54) is 11.1 Å². The molecule has 0 amide bonds. The van der Waals surface area contributed by atoms with Crippen molar-refractivity contribution in [1.82, 2.24) is 0 Å². The lowest BCUT2D eigenvalue weighted by Crippen LogP contribution is -2.43. The summed E-state index contributed by atoms with van der Waals surface area (Å²) < 4.78 is 21.8. The van der Waals surface area contributed by atoms with Gasteiger partial charge in [-0.2, -0.15) is 0 Å². The highest BCUT2D eigenvalue weighted by Gasteiger charge is 2.37. The van der Waals surface area contributed by atoms with Gasteiger partial charge in [-0.15, -0.1) is 0 Å². The van der Waals surface area contributed by atoms with Gasteiger partial charge in [0.25, 0.3) is 0 Å². The Labute approximate surface area is 117 Å². The molecule has 0 fully saturated rings. The second-order valence-electron chi connectivity index (χ2n) is 4.50. The van der Waals surface area contributed by atoms with Crippen molar-refractivity contribution < 1.29 is 18.0 Å². The van der Waals surface area contributed by atoms with Crippen LogP contribution in [0.15, 0.2) is 12.1 Å². The highest BCUT2D eigenvalue weighted by molar-refractivity contribution is 6.60. The van der Waals surface area contributed by atoms with E-state index < -0.39 is 8.80 Å². The largest absolute Gasteiger partial charge is 0.500 e. The van der Waals surface area contributed by atoms with Crippen molar-refractivity contribution in [2.45, 2.75) is 26.3 Å². The van der Waals surface area contributed by atoms with Gasteiger partial charge in [-0.1, -0.05) is 12.1 Å². The van der Waals surface area contributed by atoms with Crippen LogP contribution in [-0.2, 0) is 19.7 Å². The predicted molar refractivity (Wildman–Crippen MR) is 77.8 cm³/mol. The fourth-order valence-electron chi connectivity index (χ4n) is 2.30. The second-order valence-corrected chi connectivity index (χ2v) is 7.59. The third-order valence-electron chi connectivity index (χ3n) is 3.55. The van der Waals surface area contributed by atoms with Crippen LogP contribution in [-0.4, -0.2) is 37.2 Å². The first-order valence-electron chi connectivity index (χ1n) is 6.32. The number of aryl methyl sites for hydroxylation is 2. The highest BCUT2D eigenvalue weighted by Crippen LogP contribution is 2.28. The number of hydrogen-bond acceptors (Lipinski definition) is 4. The van der Waals surface area contributed by atoms with Gasteiger partial charge in [-0.05, 0) is 37.0 Å². The van der Waals surface area contributed by atoms with E-state index >= 15 is 0 Å². The number of hydrogen-bond donors (Lipinski definition) is 0. The first-order chi connectivity index (χ1) is 9.03. The van der Waals surface area contributed by atoms with Crippen molar-refractivity contribution in [1.29, 1.82) is 0 Å². The summed E-state index contributed by atoms with van der Waals surface area (Å²) in [7, 11) is 4.12. The molecule has 0 N–H and O–H groups in total. The van der Waals surface area contributed by atoms with Gasteiger partial charge in [-0.3, -0.25) is 0 Å². The molecule has 108 valence electrons. The Kier molecular flexibility index (Phi) is 6.00. The molecule has 1 rings (SSSR count). The average Bonchev–Trinajstić information content (AvgIpc) is 2.43. The van der Waals surface area contributed by atoms with Crippen LogP contribution >= 0.6 is 0 Å². The molecule has 0 spiro atoms. The Hall–Kier alpha value is -0.883. The lowest BCUT2D eigenvalue weighted by atomic mass is 10.0. The maximum Gasteiger partial charge on any atom is 0.500 e. The van der Waals surface area contributed by atoms with E-state index in [2.05, 4.69) is 19.1 Å². The highest BCUT2D eigenvalue weighted by atomic mass is 28.4. The molecule has 5 heteroatoms. The van der Waals surface area contributed by atoms with Gasteiger partial charge in [0.05, 0.1) is 7.11 Å². The summed E-state index contributed by atoms with van der Waals surface area (Å²) in [6, 6.07) is 4.97. The molecule has 0 aliphatic heterocycles. The molecule has 0 atom stereocenters. The van der Waals surface area contributed by atoms with Crippen molar-refractivity contribution in [2.24, 2.45) is 0 Å². The Morgan fingerprint density at radius 2 is 1.53 bits per heavy atom. The van der Waals surface area contributed by atoms with Crippen molar-refractivity contribution in [3.8, 4) is 5.75 Å². The second kappa shape index (κ2) is 7.05. The molecule has 0 saturated heterocycles.